The second-order valence-electron chi connectivity index (χ2n) is 3.05. The molecule has 0 bridgehead atoms. The lowest BCUT2D eigenvalue weighted by molar-refractivity contribution is 0.481. The SMILES string of the molecule is Cc1cc2c(O)ccc(N)c2cn1. The number of anilines is 1. The topological polar surface area (TPSA) is 59.1 Å². The molecule has 3 heteroatoms. The average Bonchev–Trinajstić information content (AvgIpc) is 2.12. The molecular formula is C10H10N2O. The molecule has 0 aliphatic rings. The average molecular weight is 174 g/mol. The Morgan fingerprint density at radius 3 is 2.85 bits per heavy atom. The van der Waals surface area contributed by atoms with Crippen molar-refractivity contribution >= 4 is 16.5 Å². The summed E-state index contributed by atoms with van der Waals surface area (Å²) < 4.78 is 0. The number of nitrogen functional groups attached to an aromatic ring is 1. The van der Waals surface area contributed by atoms with Crippen LogP contribution in [0.3, 0.4) is 0 Å². The summed E-state index contributed by atoms with van der Waals surface area (Å²) in [4.78, 5) is 4.12. The minimum absolute atomic E-state index is 0.245. The van der Waals surface area contributed by atoms with Crippen LogP contribution in [0.15, 0.2) is 24.4 Å². The fraction of sp³-hybridized carbons (Fsp3) is 0.100. The normalized spacial score (nSPS) is 10.5. The van der Waals surface area contributed by atoms with Crippen molar-refractivity contribution in [3.63, 3.8) is 0 Å². The fourth-order valence-corrected chi connectivity index (χ4v) is 1.35. The highest BCUT2D eigenvalue weighted by Gasteiger charge is 2.02. The smallest absolute Gasteiger partial charge is 0.123 e. The first-order chi connectivity index (χ1) is 6.18. The van der Waals surface area contributed by atoms with E-state index in [1.807, 2.05) is 13.0 Å². The van der Waals surface area contributed by atoms with Gasteiger partial charge in [0.05, 0.1) is 0 Å². The van der Waals surface area contributed by atoms with Gasteiger partial charge in [0.1, 0.15) is 5.75 Å². The molecule has 0 aliphatic carbocycles. The molecule has 66 valence electrons. The van der Waals surface area contributed by atoms with E-state index < -0.39 is 0 Å². The number of aromatic nitrogens is 1. The number of pyridine rings is 1. The highest BCUT2D eigenvalue weighted by molar-refractivity contribution is 5.96. The molecule has 0 unspecified atom stereocenters. The molecule has 0 amide bonds. The monoisotopic (exact) mass is 174 g/mol. The Morgan fingerprint density at radius 2 is 2.08 bits per heavy atom. The molecule has 3 N–H and O–H groups in total. The van der Waals surface area contributed by atoms with Crippen LogP contribution in [0.25, 0.3) is 10.8 Å². The van der Waals surface area contributed by atoms with Crippen LogP contribution in [-0.2, 0) is 0 Å². The molecule has 3 nitrogen and oxygen atoms in total. The number of fused-ring (bicyclic) bond motifs is 1. The summed E-state index contributed by atoms with van der Waals surface area (Å²) >= 11 is 0. The number of aryl methyl sites for hydroxylation is 1. The minimum atomic E-state index is 0.245. The Balaban J connectivity index is 2.92. The molecular weight excluding hydrogens is 164 g/mol. The lowest BCUT2D eigenvalue weighted by Gasteiger charge is -2.04. The van der Waals surface area contributed by atoms with E-state index in [2.05, 4.69) is 4.98 Å². The maximum atomic E-state index is 9.54. The molecule has 0 fully saturated rings. The summed E-state index contributed by atoms with van der Waals surface area (Å²) in [6, 6.07) is 5.09. The Bertz CT molecular complexity index is 466. The van der Waals surface area contributed by atoms with Crippen molar-refractivity contribution in [1.82, 2.24) is 4.98 Å². The van der Waals surface area contributed by atoms with E-state index >= 15 is 0 Å². The van der Waals surface area contributed by atoms with Gasteiger partial charge in [0.25, 0.3) is 0 Å². The van der Waals surface area contributed by atoms with Gasteiger partial charge < -0.3 is 10.8 Å². The first-order valence-corrected chi connectivity index (χ1v) is 4.02. The molecule has 0 aliphatic heterocycles. The van der Waals surface area contributed by atoms with Gasteiger partial charge in [0, 0.05) is 28.4 Å². The van der Waals surface area contributed by atoms with Gasteiger partial charge in [-0.3, -0.25) is 4.98 Å². The maximum absolute atomic E-state index is 9.54. The number of hydrogen-bond donors (Lipinski definition) is 2. The van der Waals surface area contributed by atoms with Gasteiger partial charge in [-0.25, -0.2) is 0 Å². The van der Waals surface area contributed by atoms with Gasteiger partial charge in [0.2, 0.25) is 0 Å². The van der Waals surface area contributed by atoms with Crippen molar-refractivity contribution in [2.75, 3.05) is 5.73 Å². The Labute approximate surface area is 75.8 Å². The van der Waals surface area contributed by atoms with Crippen molar-refractivity contribution in [2.24, 2.45) is 0 Å². The quantitative estimate of drug-likeness (QED) is 0.473. The highest BCUT2D eigenvalue weighted by Crippen LogP contribution is 2.28. The van der Waals surface area contributed by atoms with Gasteiger partial charge in [-0.2, -0.15) is 0 Å². The van der Waals surface area contributed by atoms with E-state index in [0.29, 0.717) is 5.69 Å². The predicted octanol–water partition coefficient (Wildman–Crippen LogP) is 1.83. The highest BCUT2D eigenvalue weighted by atomic mass is 16.3. The summed E-state index contributed by atoms with van der Waals surface area (Å²) in [5.74, 6) is 0.245. The first kappa shape index (κ1) is 7.86. The van der Waals surface area contributed by atoms with Crippen molar-refractivity contribution < 1.29 is 5.11 Å². The Morgan fingerprint density at radius 1 is 1.31 bits per heavy atom. The standard InChI is InChI=1S/C10H10N2O/c1-6-4-7-8(5-12-6)9(11)2-3-10(7)13/h2-5,13H,11H2,1H3. The molecule has 0 spiro atoms. The summed E-state index contributed by atoms with van der Waals surface area (Å²) in [5.41, 5.74) is 7.23. The number of nitrogens with zero attached hydrogens (tertiary/aromatic N) is 1. The van der Waals surface area contributed by atoms with Crippen LogP contribution in [0.4, 0.5) is 5.69 Å². The van der Waals surface area contributed by atoms with E-state index in [1.54, 1.807) is 18.3 Å². The van der Waals surface area contributed by atoms with Gasteiger partial charge in [-0.15, -0.1) is 0 Å². The Hall–Kier alpha value is -1.77. The number of nitrogens with two attached hydrogens (primary N) is 1. The van der Waals surface area contributed by atoms with E-state index in [4.69, 9.17) is 5.73 Å². The van der Waals surface area contributed by atoms with Gasteiger partial charge in [-0.05, 0) is 25.1 Å². The van der Waals surface area contributed by atoms with E-state index in [1.165, 1.54) is 0 Å². The van der Waals surface area contributed by atoms with Crippen LogP contribution >= 0.6 is 0 Å². The lowest BCUT2D eigenvalue weighted by Crippen LogP contribution is -1.89. The van der Waals surface area contributed by atoms with E-state index in [9.17, 15) is 5.11 Å². The molecule has 1 heterocycles. The third kappa shape index (κ3) is 1.18. The van der Waals surface area contributed by atoms with Crippen molar-refractivity contribution in [3.05, 3.63) is 30.1 Å². The zero-order valence-corrected chi connectivity index (χ0v) is 7.28. The van der Waals surface area contributed by atoms with Crippen molar-refractivity contribution in [3.8, 4) is 5.75 Å². The van der Waals surface area contributed by atoms with Crippen LogP contribution in [0.1, 0.15) is 5.69 Å². The molecule has 1 aromatic heterocycles. The number of benzene rings is 1. The van der Waals surface area contributed by atoms with E-state index in [-0.39, 0.29) is 5.75 Å². The van der Waals surface area contributed by atoms with Crippen molar-refractivity contribution in [1.29, 1.82) is 0 Å². The molecule has 0 radical (unpaired) electrons. The number of hydrogen-bond acceptors (Lipinski definition) is 3. The van der Waals surface area contributed by atoms with E-state index in [0.717, 1.165) is 16.5 Å². The number of phenols is 1. The molecule has 2 rings (SSSR count). The Kier molecular flexibility index (Phi) is 1.59. The largest absolute Gasteiger partial charge is 0.507 e. The molecule has 0 saturated heterocycles. The summed E-state index contributed by atoms with van der Waals surface area (Å²) in [6.45, 7) is 1.88. The number of rotatable bonds is 0. The lowest BCUT2D eigenvalue weighted by atomic mass is 10.1. The maximum Gasteiger partial charge on any atom is 0.123 e. The second-order valence-corrected chi connectivity index (χ2v) is 3.05. The molecule has 0 atom stereocenters. The molecule has 13 heavy (non-hydrogen) atoms. The van der Waals surface area contributed by atoms with Crippen LogP contribution in [0.2, 0.25) is 0 Å². The third-order valence-corrected chi connectivity index (χ3v) is 2.05. The van der Waals surface area contributed by atoms with Gasteiger partial charge in [-0.1, -0.05) is 0 Å². The molecule has 0 saturated carbocycles. The van der Waals surface area contributed by atoms with Crippen molar-refractivity contribution in [2.45, 2.75) is 6.92 Å². The molecule has 2 aromatic rings. The third-order valence-electron chi connectivity index (χ3n) is 2.05. The first-order valence-electron chi connectivity index (χ1n) is 4.02. The van der Waals surface area contributed by atoms with Gasteiger partial charge in [0.15, 0.2) is 0 Å². The zero-order chi connectivity index (χ0) is 9.42. The predicted molar refractivity (Wildman–Crippen MR) is 52.6 cm³/mol. The van der Waals surface area contributed by atoms with Gasteiger partial charge >= 0.3 is 0 Å². The minimum Gasteiger partial charge on any atom is -0.507 e. The molecule has 1 aromatic carbocycles. The number of aromatic hydroxyl groups is 1. The fourth-order valence-electron chi connectivity index (χ4n) is 1.35. The van der Waals surface area contributed by atoms with Crippen LogP contribution < -0.4 is 5.73 Å². The van der Waals surface area contributed by atoms with Crippen LogP contribution in [0.5, 0.6) is 5.75 Å². The van der Waals surface area contributed by atoms with Crippen LogP contribution in [0, 0.1) is 6.92 Å². The second kappa shape index (κ2) is 2.62. The van der Waals surface area contributed by atoms with Crippen LogP contribution in [-0.4, -0.2) is 10.1 Å². The summed E-state index contributed by atoms with van der Waals surface area (Å²) in [5, 5.41) is 11.1. The zero-order valence-electron chi connectivity index (χ0n) is 7.28. The number of phenolic OH excluding ortho intramolecular Hbond substituents is 1. The summed E-state index contributed by atoms with van der Waals surface area (Å²) in [6.07, 6.45) is 1.68. The summed E-state index contributed by atoms with van der Waals surface area (Å²) in [7, 11) is 0.